The average Bonchev–Trinajstić information content (AvgIpc) is 3.69. The largest absolute Gasteiger partial charge is 0.395 e. The zero-order valence-electron chi connectivity index (χ0n) is 24.8. The van der Waals surface area contributed by atoms with E-state index >= 15 is 0 Å². The summed E-state index contributed by atoms with van der Waals surface area (Å²) in [6.45, 7) is 7.10. The monoisotopic (exact) mass is 576 g/mol. The van der Waals surface area contributed by atoms with Crippen molar-refractivity contribution in [2.75, 3.05) is 43.0 Å². The number of hydrogen-bond acceptors (Lipinski definition) is 7. The lowest BCUT2D eigenvalue weighted by atomic mass is 9.73. The van der Waals surface area contributed by atoms with E-state index in [4.69, 9.17) is 10.1 Å². The fraction of sp³-hybridized carbons (Fsp3) is 0.382. The van der Waals surface area contributed by atoms with Gasteiger partial charge in [-0.05, 0) is 55.9 Å². The summed E-state index contributed by atoms with van der Waals surface area (Å²) in [4.78, 5) is 9.79. The summed E-state index contributed by atoms with van der Waals surface area (Å²) in [5.41, 5.74) is 6.43. The van der Waals surface area contributed by atoms with E-state index in [0.29, 0.717) is 12.0 Å². The normalized spacial score (nSPS) is 17.9. The fourth-order valence-corrected chi connectivity index (χ4v) is 6.73. The van der Waals surface area contributed by atoms with E-state index in [1.165, 1.54) is 16.7 Å². The number of nitrogens with zero attached hydrogens (tertiary/aromatic N) is 7. The second-order valence-corrected chi connectivity index (χ2v) is 12.2. The molecule has 43 heavy (non-hydrogen) atoms. The molecule has 5 heterocycles. The number of aliphatic hydroxyl groups is 1. The van der Waals surface area contributed by atoms with Crippen molar-refractivity contribution in [2.45, 2.75) is 50.6 Å². The third-order valence-corrected chi connectivity index (χ3v) is 9.41. The number of anilines is 3. The van der Waals surface area contributed by atoms with E-state index in [1.54, 1.807) is 0 Å². The van der Waals surface area contributed by atoms with E-state index < -0.39 is 0 Å². The number of aliphatic hydroxyl groups excluding tert-OH is 1. The van der Waals surface area contributed by atoms with Crippen LogP contribution in [0.15, 0.2) is 85.3 Å². The predicted molar refractivity (Wildman–Crippen MR) is 170 cm³/mol. The van der Waals surface area contributed by atoms with Crippen molar-refractivity contribution >= 4 is 23.0 Å². The van der Waals surface area contributed by atoms with Crippen LogP contribution in [0.25, 0.3) is 5.65 Å². The first kappa shape index (κ1) is 27.6. The van der Waals surface area contributed by atoms with Crippen molar-refractivity contribution < 1.29 is 5.11 Å². The lowest BCUT2D eigenvalue weighted by Gasteiger charge is -2.42. The zero-order chi connectivity index (χ0) is 29.2. The summed E-state index contributed by atoms with van der Waals surface area (Å²) in [6.07, 6.45) is 9.83. The van der Waals surface area contributed by atoms with E-state index in [0.717, 1.165) is 75.4 Å². The Kier molecular flexibility index (Phi) is 7.59. The number of rotatable bonds is 8. The molecule has 0 spiro atoms. The van der Waals surface area contributed by atoms with Gasteiger partial charge in [-0.1, -0.05) is 60.2 Å². The molecule has 3 aromatic heterocycles. The summed E-state index contributed by atoms with van der Waals surface area (Å²) < 4.78 is 3.94. The third kappa shape index (κ3) is 5.75. The molecule has 9 nitrogen and oxygen atoms in total. The van der Waals surface area contributed by atoms with Crippen molar-refractivity contribution in [3.63, 3.8) is 0 Å². The molecule has 2 aliphatic heterocycles. The maximum absolute atomic E-state index is 10.4. The first-order valence-corrected chi connectivity index (χ1v) is 15.4. The van der Waals surface area contributed by atoms with Crippen molar-refractivity contribution in [1.29, 1.82) is 0 Å². The Bertz CT molecular complexity index is 1650. The highest BCUT2D eigenvalue weighted by Gasteiger charge is 2.36. The molecule has 2 saturated heterocycles. The molecule has 0 amide bonds. The SMILES string of the molecule is Cc1ccc(C2(CO)CCN(c3cccn4nc(Nc5cnn(C6CCN(Cc7ccccc7)CC6)c5)nc34)CC2)cc1. The van der Waals surface area contributed by atoms with E-state index in [9.17, 15) is 5.11 Å². The van der Waals surface area contributed by atoms with Crippen LogP contribution >= 0.6 is 0 Å². The van der Waals surface area contributed by atoms with Gasteiger partial charge in [0.05, 0.1) is 30.2 Å². The number of piperidine rings is 2. The Balaban J connectivity index is 0.996. The number of hydrogen-bond donors (Lipinski definition) is 2. The van der Waals surface area contributed by atoms with E-state index in [2.05, 4.69) is 98.7 Å². The third-order valence-electron chi connectivity index (χ3n) is 9.41. The molecule has 2 aromatic carbocycles. The minimum Gasteiger partial charge on any atom is -0.395 e. The van der Waals surface area contributed by atoms with Gasteiger partial charge in [0.15, 0.2) is 5.65 Å². The number of likely N-dealkylation sites (tertiary alicyclic amines) is 1. The Morgan fingerprint density at radius 3 is 2.44 bits per heavy atom. The van der Waals surface area contributed by atoms with Crippen LogP contribution in [0.5, 0.6) is 0 Å². The Morgan fingerprint density at radius 1 is 0.930 bits per heavy atom. The highest BCUT2D eigenvalue weighted by molar-refractivity contribution is 5.71. The summed E-state index contributed by atoms with van der Waals surface area (Å²) in [5, 5.41) is 23.2. The van der Waals surface area contributed by atoms with Crippen LogP contribution in [0, 0.1) is 6.92 Å². The topological polar surface area (TPSA) is 86.8 Å². The first-order chi connectivity index (χ1) is 21.1. The van der Waals surface area contributed by atoms with E-state index in [-0.39, 0.29) is 12.0 Å². The lowest BCUT2D eigenvalue weighted by molar-refractivity contribution is 0.165. The van der Waals surface area contributed by atoms with E-state index in [1.807, 2.05) is 23.0 Å². The zero-order valence-corrected chi connectivity index (χ0v) is 24.8. The van der Waals surface area contributed by atoms with Crippen LogP contribution in [-0.4, -0.2) is 67.2 Å². The number of nitrogens with one attached hydrogen (secondary N) is 1. The summed E-state index contributed by atoms with van der Waals surface area (Å²) in [6, 6.07) is 23.9. The first-order valence-electron chi connectivity index (χ1n) is 15.4. The molecule has 222 valence electrons. The molecule has 0 saturated carbocycles. The van der Waals surface area contributed by atoms with Gasteiger partial charge in [0.25, 0.3) is 0 Å². The number of aryl methyl sites for hydroxylation is 1. The molecule has 2 N–H and O–H groups in total. The molecule has 0 atom stereocenters. The van der Waals surface area contributed by atoms with Crippen LogP contribution in [0.3, 0.4) is 0 Å². The second kappa shape index (κ2) is 11.8. The highest BCUT2D eigenvalue weighted by Crippen LogP contribution is 2.37. The molecule has 2 aliphatic rings. The Morgan fingerprint density at radius 2 is 1.70 bits per heavy atom. The quantitative estimate of drug-likeness (QED) is 0.258. The van der Waals surface area contributed by atoms with Gasteiger partial charge in [-0.25, -0.2) is 4.52 Å². The van der Waals surface area contributed by atoms with Gasteiger partial charge >= 0.3 is 0 Å². The number of pyridine rings is 1. The smallest absolute Gasteiger partial charge is 0.247 e. The molecule has 5 aromatic rings. The molecule has 0 bridgehead atoms. The standard InChI is InChI=1S/C34H40N8O/c1-26-9-11-28(12-10-26)34(25-43)15-20-40(21-16-34)31-8-5-17-41-32(31)37-33(38-41)36-29-22-35-42(24-29)30-13-18-39(19-14-30)23-27-6-3-2-4-7-27/h2-12,17,22,24,30,43H,13-16,18-21,23,25H2,1H3,(H,36,38). The second-order valence-electron chi connectivity index (χ2n) is 12.2. The molecule has 2 fully saturated rings. The summed E-state index contributed by atoms with van der Waals surface area (Å²) >= 11 is 0. The van der Waals surface area contributed by atoms with Gasteiger partial charge < -0.3 is 15.3 Å². The van der Waals surface area contributed by atoms with Gasteiger partial charge in [0.2, 0.25) is 5.95 Å². The number of aromatic nitrogens is 5. The molecule has 9 heteroatoms. The van der Waals surface area contributed by atoms with Gasteiger partial charge in [-0.3, -0.25) is 9.58 Å². The van der Waals surface area contributed by atoms with Gasteiger partial charge in [0.1, 0.15) is 0 Å². The van der Waals surface area contributed by atoms with Crippen LogP contribution in [0.2, 0.25) is 0 Å². The molecule has 0 aliphatic carbocycles. The Hall–Kier alpha value is -4.21. The molecular weight excluding hydrogens is 536 g/mol. The minimum absolute atomic E-state index is 0.160. The molecule has 0 unspecified atom stereocenters. The Labute approximate surface area is 252 Å². The van der Waals surface area contributed by atoms with Crippen molar-refractivity contribution in [2.24, 2.45) is 0 Å². The summed E-state index contributed by atoms with van der Waals surface area (Å²) in [5.74, 6) is 0.561. The molecule has 7 rings (SSSR count). The minimum atomic E-state index is -0.200. The maximum atomic E-state index is 10.4. The van der Waals surface area contributed by atoms with Crippen molar-refractivity contribution in [1.82, 2.24) is 29.3 Å². The molecule has 0 radical (unpaired) electrons. The van der Waals surface area contributed by atoms with Crippen LogP contribution in [0.1, 0.15) is 48.4 Å². The molecular formula is C34H40N8O. The lowest BCUT2D eigenvalue weighted by Crippen LogP contribution is -2.45. The highest BCUT2D eigenvalue weighted by atomic mass is 16.3. The number of benzene rings is 2. The maximum Gasteiger partial charge on any atom is 0.247 e. The average molecular weight is 577 g/mol. The van der Waals surface area contributed by atoms with Crippen molar-refractivity contribution in [3.05, 3.63) is 102 Å². The van der Waals surface area contributed by atoms with Crippen LogP contribution < -0.4 is 10.2 Å². The van der Waals surface area contributed by atoms with Crippen LogP contribution in [-0.2, 0) is 12.0 Å². The van der Waals surface area contributed by atoms with Gasteiger partial charge in [0, 0.05) is 50.5 Å². The summed E-state index contributed by atoms with van der Waals surface area (Å²) in [7, 11) is 0. The van der Waals surface area contributed by atoms with Gasteiger partial charge in [-0.15, -0.1) is 5.10 Å². The van der Waals surface area contributed by atoms with Crippen molar-refractivity contribution in [3.8, 4) is 0 Å². The number of fused-ring (bicyclic) bond motifs is 1. The van der Waals surface area contributed by atoms with Crippen LogP contribution in [0.4, 0.5) is 17.3 Å². The van der Waals surface area contributed by atoms with Gasteiger partial charge in [-0.2, -0.15) is 10.1 Å². The predicted octanol–water partition coefficient (Wildman–Crippen LogP) is 5.35. The fourth-order valence-electron chi connectivity index (χ4n) is 6.73.